The van der Waals surface area contributed by atoms with Gasteiger partial charge in [0.15, 0.2) is 0 Å². The van der Waals surface area contributed by atoms with Crippen molar-refractivity contribution in [2.75, 3.05) is 13.1 Å². The topological polar surface area (TPSA) is 64.4 Å². The highest BCUT2D eigenvalue weighted by Gasteiger charge is 2.40. The predicted molar refractivity (Wildman–Crippen MR) is 99.4 cm³/mol. The number of benzene rings is 2. The number of para-hydroxylation sites is 2. The van der Waals surface area contributed by atoms with Crippen LogP contribution in [0, 0.1) is 0 Å². The molecule has 3 aromatic rings. The van der Waals surface area contributed by atoms with Crippen molar-refractivity contribution < 1.29 is 17.5 Å². The van der Waals surface area contributed by atoms with Crippen molar-refractivity contribution in [3.8, 4) is 0 Å². The summed E-state index contributed by atoms with van der Waals surface area (Å²) in [5, 5.41) is 0. The van der Waals surface area contributed by atoms with Gasteiger partial charge in [0, 0.05) is 20.1 Å². The summed E-state index contributed by atoms with van der Waals surface area (Å²) < 4.78 is 48.5. The minimum absolute atomic E-state index is 0.0116. The van der Waals surface area contributed by atoms with Gasteiger partial charge in [0.05, 0.1) is 15.9 Å². The smallest absolute Gasteiger partial charge is 0.243 e. The van der Waals surface area contributed by atoms with Crippen LogP contribution in [0.3, 0.4) is 0 Å². The van der Waals surface area contributed by atoms with Crippen LogP contribution in [0.4, 0.5) is 4.39 Å². The molecule has 2 atom stereocenters. The van der Waals surface area contributed by atoms with Crippen molar-refractivity contribution in [2.45, 2.75) is 23.8 Å². The first-order valence-electron chi connectivity index (χ1n) is 8.68. The van der Waals surface area contributed by atoms with Crippen LogP contribution < -0.4 is 0 Å². The number of rotatable bonds is 5. The Morgan fingerprint density at radius 3 is 2.56 bits per heavy atom. The molecule has 1 saturated heterocycles. The van der Waals surface area contributed by atoms with E-state index in [-0.39, 0.29) is 24.6 Å². The van der Waals surface area contributed by atoms with Gasteiger partial charge in [-0.3, -0.25) is 0 Å². The first-order chi connectivity index (χ1) is 13.0. The van der Waals surface area contributed by atoms with Gasteiger partial charge in [-0.25, -0.2) is 17.8 Å². The number of fused-ring (bicyclic) bond motifs is 1. The first-order valence-corrected chi connectivity index (χ1v) is 10.1. The molecule has 2 unspecified atom stereocenters. The summed E-state index contributed by atoms with van der Waals surface area (Å²) in [6.45, 7) is -0.0950. The van der Waals surface area contributed by atoms with Gasteiger partial charge >= 0.3 is 0 Å². The number of aromatic nitrogens is 2. The van der Waals surface area contributed by atoms with E-state index in [1.165, 1.54) is 12.1 Å². The highest BCUT2D eigenvalue weighted by atomic mass is 32.2. The van der Waals surface area contributed by atoms with E-state index in [9.17, 15) is 12.8 Å². The number of hydrogen-bond donors (Lipinski definition) is 0. The Hall–Kier alpha value is -2.29. The van der Waals surface area contributed by atoms with E-state index < -0.39 is 22.3 Å². The van der Waals surface area contributed by atoms with E-state index in [2.05, 4.69) is 4.98 Å². The van der Waals surface area contributed by atoms with Crippen LogP contribution in [0.1, 0.15) is 5.82 Å². The summed E-state index contributed by atoms with van der Waals surface area (Å²) in [5.74, 6) is 0.674. The second-order valence-electron chi connectivity index (χ2n) is 6.58. The summed E-state index contributed by atoms with van der Waals surface area (Å²) in [5.41, 5.74) is 1.81. The van der Waals surface area contributed by atoms with Gasteiger partial charge in [-0.1, -0.05) is 30.3 Å². The maximum absolute atomic E-state index is 14.4. The fraction of sp³-hybridized carbons (Fsp3) is 0.316. The second-order valence-corrected chi connectivity index (χ2v) is 8.51. The molecule has 0 amide bonds. The molecule has 8 heteroatoms. The highest BCUT2D eigenvalue weighted by molar-refractivity contribution is 7.89. The van der Waals surface area contributed by atoms with Crippen LogP contribution in [0.15, 0.2) is 59.5 Å². The molecule has 1 aliphatic heterocycles. The Morgan fingerprint density at radius 1 is 1.11 bits per heavy atom. The lowest BCUT2D eigenvalue weighted by atomic mass is 10.3. The number of hydrogen-bond acceptors (Lipinski definition) is 4. The molecule has 27 heavy (non-hydrogen) atoms. The number of aryl methyl sites for hydroxylation is 1. The Morgan fingerprint density at radius 2 is 1.81 bits per heavy atom. The number of sulfonamides is 1. The molecule has 6 nitrogen and oxygen atoms in total. The minimum Gasteiger partial charge on any atom is -0.366 e. The Labute approximate surface area is 157 Å². The molecule has 0 saturated carbocycles. The van der Waals surface area contributed by atoms with Crippen molar-refractivity contribution in [1.82, 2.24) is 13.9 Å². The zero-order valence-electron chi connectivity index (χ0n) is 14.8. The molecule has 2 heterocycles. The summed E-state index contributed by atoms with van der Waals surface area (Å²) in [7, 11) is -1.85. The molecule has 1 fully saturated rings. The molecule has 0 bridgehead atoms. The van der Waals surface area contributed by atoms with Gasteiger partial charge in [0.2, 0.25) is 10.0 Å². The molecule has 4 rings (SSSR count). The fourth-order valence-corrected chi connectivity index (χ4v) is 4.78. The third-order valence-corrected chi connectivity index (χ3v) is 6.70. The summed E-state index contributed by atoms with van der Waals surface area (Å²) in [6.07, 6.45) is -2.19. The van der Waals surface area contributed by atoms with E-state index in [0.29, 0.717) is 5.82 Å². The van der Waals surface area contributed by atoms with Crippen LogP contribution in [-0.2, 0) is 28.4 Å². The molecule has 142 valence electrons. The molecule has 0 N–H and O–H groups in total. The second kappa shape index (κ2) is 7.03. The molecule has 0 radical (unpaired) electrons. The SMILES string of the molecule is Cn1c(COC2CN(S(=O)(=O)c3ccccc3)CC2F)nc2ccccc21. The molecular formula is C19H20FN3O3S. The normalized spacial score (nSPS) is 21.1. The van der Waals surface area contributed by atoms with E-state index in [1.54, 1.807) is 18.2 Å². The van der Waals surface area contributed by atoms with Crippen molar-refractivity contribution in [3.63, 3.8) is 0 Å². The lowest BCUT2D eigenvalue weighted by molar-refractivity contribution is 0.00895. The van der Waals surface area contributed by atoms with Crippen LogP contribution in [-0.4, -0.2) is 47.6 Å². The van der Waals surface area contributed by atoms with E-state index in [4.69, 9.17) is 4.74 Å². The Balaban J connectivity index is 1.47. The van der Waals surface area contributed by atoms with Crippen LogP contribution in [0.2, 0.25) is 0 Å². The van der Waals surface area contributed by atoms with Crippen molar-refractivity contribution in [1.29, 1.82) is 0 Å². The third-order valence-electron chi connectivity index (χ3n) is 4.85. The predicted octanol–water partition coefficient (Wildman–Crippen LogP) is 2.50. The van der Waals surface area contributed by atoms with Gasteiger partial charge < -0.3 is 9.30 Å². The Bertz CT molecular complexity index is 1050. The number of ether oxygens (including phenoxy) is 1. The fourth-order valence-electron chi connectivity index (χ4n) is 3.30. The molecular weight excluding hydrogens is 369 g/mol. The van der Waals surface area contributed by atoms with Gasteiger partial charge in [-0.2, -0.15) is 4.31 Å². The van der Waals surface area contributed by atoms with Crippen LogP contribution in [0.5, 0.6) is 0 Å². The molecule has 2 aromatic carbocycles. The highest BCUT2D eigenvalue weighted by Crippen LogP contribution is 2.25. The average Bonchev–Trinajstić information content (AvgIpc) is 3.21. The van der Waals surface area contributed by atoms with Crippen LogP contribution >= 0.6 is 0 Å². The standard InChI is InChI=1S/C19H20FN3O3S/c1-22-17-10-6-5-9-16(17)21-19(22)13-26-18-12-23(11-15(18)20)27(24,25)14-7-3-2-4-8-14/h2-10,15,18H,11-13H2,1H3. The lowest BCUT2D eigenvalue weighted by Gasteiger charge is -2.16. The molecule has 1 aromatic heterocycles. The molecule has 0 aliphatic carbocycles. The van der Waals surface area contributed by atoms with Gasteiger partial charge in [-0.05, 0) is 24.3 Å². The summed E-state index contributed by atoms with van der Waals surface area (Å²) in [6, 6.07) is 15.7. The quantitative estimate of drug-likeness (QED) is 0.673. The largest absolute Gasteiger partial charge is 0.366 e. The van der Waals surface area contributed by atoms with E-state index >= 15 is 0 Å². The first kappa shape index (κ1) is 18.1. The number of alkyl halides is 1. The van der Waals surface area contributed by atoms with Crippen molar-refractivity contribution in [2.24, 2.45) is 7.05 Å². The number of imidazole rings is 1. The number of nitrogens with zero attached hydrogens (tertiary/aromatic N) is 3. The van der Waals surface area contributed by atoms with Gasteiger partial charge in [-0.15, -0.1) is 0 Å². The Kier molecular flexibility index (Phi) is 4.71. The number of halogens is 1. The average molecular weight is 389 g/mol. The summed E-state index contributed by atoms with van der Waals surface area (Å²) in [4.78, 5) is 4.66. The van der Waals surface area contributed by atoms with E-state index in [1.807, 2.05) is 35.9 Å². The van der Waals surface area contributed by atoms with E-state index in [0.717, 1.165) is 15.3 Å². The summed E-state index contributed by atoms with van der Waals surface area (Å²) >= 11 is 0. The van der Waals surface area contributed by atoms with Gasteiger partial charge in [0.1, 0.15) is 24.7 Å². The zero-order chi connectivity index (χ0) is 19.0. The van der Waals surface area contributed by atoms with Crippen molar-refractivity contribution >= 4 is 21.1 Å². The molecule has 1 aliphatic rings. The van der Waals surface area contributed by atoms with Gasteiger partial charge in [0.25, 0.3) is 0 Å². The minimum atomic E-state index is -3.72. The monoisotopic (exact) mass is 389 g/mol. The molecule has 0 spiro atoms. The third kappa shape index (κ3) is 3.36. The maximum atomic E-state index is 14.4. The maximum Gasteiger partial charge on any atom is 0.243 e. The lowest BCUT2D eigenvalue weighted by Crippen LogP contribution is -2.30. The van der Waals surface area contributed by atoms with Crippen LogP contribution in [0.25, 0.3) is 11.0 Å². The van der Waals surface area contributed by atoms with Crippen molar-refractivity contribution in [3.05, 3.63) is 60.4 Å². The zero-order valence-corrected chi connectivity index (χ0v) is 15.6.